The van der Waals surface area contributed by atoms with Gasteiger partial charge in [-0.2, -0.15) is 0 Å². The number of ether oxygens (including phenoxy) is 2. The Morgan fingerprint density at radius 2 is 1.60 bits per heavy atom. The summed E-state index contributed by atoms with van der Waals surface area (Å²) in [5.41, 5.74) is 3.80. The first-order chi connectivity index (χ1) is 14.7. The molecule has 0 saturated carbocycles. The Hall–Kier alpha value is -3.15. The summed E-state index contributed by atoms with van der Waals surface area (Å²) in [6.07, 6.45) is -0.341. The van der Waals surface area contributed by atoms with E-state index in [1.165, 1.54) is 0 Å². The van der Waals surface area contributed by atoms with Crippen molar-refractivity contribution in [3.8, 4) is 11.5 Å². The number of hydrogen-bond acceptors (Lipinski definition) is 4. The molecule has 0 saturated heterocycles. The van der Waals surface area contributed by atoms with Crippen molar-refractivity contribution in [3.05, 3.63) is 95.1 Å². The van der Waals surface area contributed by atoms with Crippen LogP contribution in [0.5, 0.6) is 11.5 Å². The lowest BCUT2D eigenvalue weighted by Crippen LogP contribution is -2.35. The van der Waals surface area contributed by atoms with Gasteiger partial charge in [-0.25, -0.2) is 0 Å². The zero-order valence-electron chi connectivity index (χ0n) is 16.9. The monoisotopic (exact) mass is 403 g/mol. The molecule has 0 spiro atoms. The number of fused-ring (bicyclic) bond motifs is 2. The number of hydrogen-bond donors (Lipinski definition) is 2. The van der Waals surface area contributed by atoms with Gasteiger partial charge in [-0.3, -0.25) is 4.79 Å². The van der Waals surface area contributed by atoms with Crippen molar-refractivity contribution in [2.45, 2.75) is 18.9 Å². The molecule has 30 heavy (non-hydrogen) atoms. The van der Waals surface area contributed by atoms with E-state index in [1.54, 1.807) is 0 Å². The van der Waals surface area contributed by atoms with Gasteiger partial charge in [0, 0.05) is 17.7 Å². The highest BCUT2D eigenvalue weighted by Crippen LogP contribution is 2.43. The molecule has 0 fully saturated rings. The maximum atomic E-state index is 13.3. The Bertz CT molecular complexity index is 970. The van der Waals surface area contributed by atoms with Crippen molar-refractivity contribution in [1.29, 1.82) is 0 Å². The Morgan fingerprint density at radius 1 is 1.00 bits per heavy atom. The molecule has 5 heteroatoms. The normalized spacial score (nSPS) is 13.7. The van der Waals surface area contributed by atoms with Gasteiger partial charge in [0.25, 0.3) is 0 Å². The first kappa shape index (κ1) is 20.1. The molecule has 3 aromatic carbocycles. The number of benzene rings is 3. The zero-order valence-corrected chi connectivity index (χ0v) is 16.9. The summed E-state index contributed by atoms with van der Waals surface area (Å²) in [4.78, 5) is 13.3. The molecule has 0 aliphatic carbocycles. The minimum atomic E-state index is -0.456. The highest BCUT2D eigenvalue weighted by Gasteiger charge is 2.32. The highest BCUT2D eigenvalue weighted by atomic mass is 16.5. The fourth-order valence-electron chi connectivity index (χ4n) is 3.74. The predicted molar refractivity (Wildman–Crippen MR) is 115 cm³/mol. The topological polar surface area (TPSA) is 67.8 Å². The maximum Gasteiger partial charge on any atom is 0.232 e. The van der Waals surface area contributed by atoms with Crippen molar-refractivity contribution in [1.82, 2.24) is 5.32 Å². The second-order valence-corrected chi connectivity index (χ2v) is 7.35. The summed E-state index contributed by atoms with van der Waals surface area (Å²) in [6, 6.07) is 23.2. The van der Waals surface area contributed by atoms with Gasteiger partial charge in [-0.15, -0.1) is 0 Å². The summed E-state index contributed by atoms with van der Waals surface area (Å²) >= 11 is 0. The molecule has 1 amide bonds. The maximum absolute atomic E-state index is 13.3. The fraction of sp³-hybridized carbons (Fsp3) is 0.240. The molecular weight excluding hydrogens is 378 g/mol. The van der Waals surface area contributed by atoms with Gasteiger partial charge in [0.05, 0.1) is 25.2 Å². The molecule has 4 rings (SSSR count). The van der Waals surface area contributed by atoms with Crippen molar-refractivity contribution in [2.24, 2.45) is 0 Å². The highest BCUT2D eigenvalue weighted by molar-refractivity contribution is 5.89. The number of aliphatic hydroxyl groups excluding tert-OH is 1. The standard InChI is InChI=1S/C25H25NO4/c1-17-10-12-18(13-11-17)23(29-15-14-27)16-26-25(28)24-19-6-2-4-8-21(19)30-22-9-5-3-7-20(22)24/h2-13,23-24,27H,14-16H2,1H3,(H,26,28)/t23-/m1/s1. The first-order valence-corrected chi connectivity index (χ1v) is 10.1. The molecule has 0 bridgehead atoms. The van der Waals surface area contributed by atoms with E-state index in [0.717, 1.165) is 22.3 Å². The second kappa shape index (κ2) is 9.11. The molecule has 0 aromatic heterocycles. The van der Waals surface area contributed by atoms with Crippen molar-refractivity contribution < 1.29 is 19.4 Å². The van der Waals surface area contributed by atoms with E-state index in [0.29, 0.717) is 18.0 Å². The SMILES string of the molecule is Cc1ccc([C@@H](CNC(=O)C2c3ccccc3Oc3ccccc32)OCCO)cc1. The zero-order chi connectivity index (χ0) is 20.9. The molecule has 154 valence electrons. The molecule has 0 radical (unpaired) electrons. The number of amides is 1. The number of rotatable bonds is 7. The van der Waals surface area contributed by atoms with E-state index in [1.807, 2.05) is 79.7 Å². The Balaban J connectivity index is 1.56. The van der Waals surface area contributed by atoms with Gasteiger partial charge >= 0.3 is 0 Å². The van der Waals surface area contributed by atoms with Crippen LogP contribution in [0, 0.1) is 6.92 Å². The summed E-state index contributed by atoms with van der Waals surface area (Å²) in [7, 11) is 0. The molecule has 1 aliphatic rings. The van der Waals surface area contributed by atoms with Crippen LogP contribution in [0.25, 0.3) is 0 Å². The molecule has 0 unspecified atom stereocenters. The third-order valence-corrected chi connectivity index (χ3v) is 5.26. The van der Waals surface area contributed by atoms with E-state index in [4.69, 9.17) is 9.47 Å². The average molecular weight is 403 g/mol. The average Bonchev–Trinajstić information content (AvgIpc) is 2.78. The molecule has 5 nitrogen and oxygen atoms in total. The molecule has 1 atom stereocenters. The Labute approximate surface area is 176 Å². The Morgan fingerprint density at radius 3 is 2.20 bits per heavy atom. The van der Waals surface area contributed by atoms with Gasteiger partial charge in [-0.1, -0.05) is 66.2 Å². The van der Waals surface area contributed by atoms with Crippen molar-refractivity contribution in [2.75, 3.05) is 19.8 Å². The number of nitrogens with one attached hydrogen (secondary N) is 1. The number of carbonyl (C=O) groups excluding carboxylic acids is 1. The third-order valence-electron chi connectivity index (χ3n) is 5.26. The van der Waals surface area contributed by atoms with Crippen molar-refractivity contribution >= 4 is 5.91 Å². The van der Waals surface area contributed by atoms with Crippen LogP contribution in [-0.2, 0) is 9.53 Å². The van der Waals surface area contributed by atoms with Crippen LogP contribution in [0.3, 0.4) is 0 Å². The molecule has 2 N–H and O–H groups in total. The van der Waals surface area contributed by atoms with Crippen LogP contribution in [-0.4, -0.2) is 30.8 Å². The number of para-hydroxylation sites is 2. The number of carbonyl (C=O) groups is 1. The van der Waals surface area contributed by atoms with Gasteiger partial charge in [0.1, 0.15) is 11.5 Å². The minimum absolute atomic E-state index is 0.0724. The summed E-state index contributed by atoms with van der Waals surface area (Å²) < 4.78 is 11.8. The smallest absolute Gasteiger partial charge is 0.232 e. The van der Waals surface area contributed by atoms with Crippen LogP contribution in [0.15, 0.2) is 72.8 Å². The van der Waals surface area contributed by atoms with E-state index in [2.05, 4.69) is 5.32 Å². The summed E-state index contributed by atoms with van der Waals surface area (Å²) in [5, 5.41) is 12.2. The van der Waals surface area contributed by atoms with Crippen molar-refractivity contribution in [3.63, 3.8) is 0 Å². The number of aliphatic hydroxyl groups is 1. The van der Waals surface area contributed by atoms with E-state index in [-0.39, 0.29) is 25.2 Å². The fourth-order valence-corrected chi connectivity index (χ4v) is 3.74. The third kappa shape index (κ3) is 4.22. The van der Waals surface area contributed by atoms with Gasteiger partial charge in [0.15, 0.2) is 0 Å². The minimum Gasteiger partial charge on any atom is -0.457 e. The molecule has 3 aromatic rings. The molecule has 1 aliphatic heterocycles. The summed E-state index contributed by atoms with van der Waals surface area (Å²) in [5.74, 6) is 0.830. The second-order valence-electron chi connectivity index (χ2n) is 7.35. The van der Waals surface area contributed by atoms with E-state index < -0.39 is 5.92 Å². The summed E-state index contributed by atoms with van der Waals surface area (Å²) in [6.45, 7) is 2.47. The quantitative estimate of drug-likeness (QED) is 0.623. The van der Waals surface area contributed by atoms with Crippen LogP contribution in [0.1, 0.15) is 34.3 Å². The molecule has 1 heterocycles. The lowest BCUT2D eigenvalue weighted by Gasteiger charge is -2.28. The Kier molecular flexibility index (Phi) is 6.12. The van der Waals surface area contributed by atoms with Gasteiger partial charge < -0.3 is 19.9 Å². The first-order valence-electron chi connectivity index (χ1n) is 10.1. The van der Waals surface area contributed by atoms with Crippen LogP contribution >= 0.6 is 0 Å². The largest absolute Gasteiger partial charge is 0.457 e. The van der Waals surface area contributed by atoms with Gasteiger partial charge in [-0.05, 0) is 24.6 Å². The van der Waals surface area contributed by atoms with E-state index in [9.17, 15) is 9.90 Å². The van der Waals surface area contributed by atoms with Crippen LogP contribution in [0.2, 0.25) is 0 Å². The lowest BCUT2D eigenvalue weighted by molar-refractivity contribution is -0.122. The lowest BCUT2D eigenvalue weighted by atomic mass is 9.87. The predicted octanol–water partition coefficient (Wildman–Crippen LogP) is 4.10. The van der Waals surface area contributed by atoms with E-state index >= 15 is 0 Å². The number of aryl methyl sites for hydroxylation is 1. The van der Waals surface area contributed by atoms with Crippen LogP contribution in [0.4, 0.5) is 0 Å². The molecular formula is C25H25NO4. The van der Waals surface area contributed by atoms with Gasteiger partial charge in [0.2, 0.25) is 5.91 Å². The van der Waals surface area contributed by atoms with Crippen LogP contribution < -0.4 is 10.1 Å².